The van der Waals surface area contributed by atoms with Crippen LogP contribution in [0.15, 0.2) is 41.8 Å². The van der Waals surface area contributed by atoms with Crippen LogP contribution in [-0.4, -0.2) is 60.8 Å². The Morgan fingerprint density at radius 1 is 1.07 bits per heavy atom. The van der Waals surface area contributed by atoms with Gasteiger partial charge in [-0.3, -0.25) is 14.5 Å². The minimum Gasteiger partial charge on any atom is -0.494 e. The molecule has 1 fully saturated rings. The molecule has 0 atom stereocenters. The van der Waals surface area contributed by atoms with Gasteiger partial charge in [-0.1, -0.05) is 19.4 Å². The quantitative estimate of drug-likeness (QED) is 0.514. The van der Waals surface area contributed by atoms with Crippen LogP contribution in [0.3, 0.4) is 0 Å². The van der Waals surface area contributed by atoms with E-state index in [1.54, 1.807) is 0 Å². The number of Topliss-reactive ketones (excluding diaryl/α,β-unsaturated/α-hetero) is 1. The Bertz CT molecular complexity index is 735. The maximum absolute atomic E-state index is 12.7. The van der Waals surface area contributed by atoms with Crippen molar-refractivity contribution in [3.05, 3.63) is 52.2 Å². The molecule has 1 saturated heterocycles. The SMILES string of the molecule is CCCCOc1ccc(C(=O)N2CCN(CC(=O)c3cccs3)CC2)cc1. The molecule has 5 nitrogen and oxygen atoms in total. The van der Waals surface area contributed by atoms with Crippen molar-refractivity contribution in [2.45, 2.75) is 19.8 Å². The summed E-state index contributed by atoms with van der Waals surface area (Å²) < 4.78 is 5.65. The number of thiophene rings is 1. The Hall–Kier alpha value is -2.18. The summed E-state index contributed by atoms with van der Waals surface area (Å²) in [7, 11) is 0. The average Bonchev–Trinajstić information content (AvgIpc) is 3.24. The highest BCUT2D eigenvalue weighted by Crippen LogP contribution is 2.16. The van der Waals surface area contributed by atoms with Crippen molar-refractivity contribution in [3.63, 3.8) is 0 Å². The Morgan fingerprint density at radius 2 is 1.81 bits per heavy atom. The molecule has 1 amide bonds. The molecule has 0 saturated carbocycles. The summed E-state index contributed by atoms with van der Waals surface area (Å²) in [4.78, 5) is 29.7. The van der Waals surface area contributed by atoms with Crippen LogP contribution in [0.2, 0.25) is 0 Å². The molecule has 2 heterocycles. The van der Waals surface area contributed by atoms with E-state index in [0.717, 1.165) is 36.6 Å². The third-order valence-electron chi connectivity index (χ3n) is 4.69. The lowest BCUT2D eigenvalue weighted by Crippen LogP contribution is -2.49. The van der Waals surface area contributed by atoms with Crippen molar-refractivity contribution < 1.29 is 14.3 Å². The van der Waals surface area contributed by atoms with Gasteiger partial charge in [-0.05, 0) is 42.1 Å². The topological polar surface area (TPSA) is 49.9 Å². The number of amides is 1. The second-order valence-corrected chi connectivity index (χ2v) is 7.64. The summed E-state index contributed by atoms with van der Waals surface area (Å²) in [6.45, 7) is 5.99. The van der Waals surface area contributed by atoms with Crippen molar-refractivity contribution in [1.82, 2.24) is 9.80 Å². The Labute approximate surface area is 164 Å². The number of nitrogens with zero attached hydrogens (tertiary/aromatic N) is 2. The molecule has 2 aromatic rings. The molecule has 0 radical (unpaired) electrons. The number of hydrogen-bond acceptors (Lipinski definition) is 5. The highest BCUT2D eigenvalue weighted by molar-refractivity contribution is 7.12. The van der Waals surface area contributed by atoms with Gasteiger partial charge in [-0.15, -0.1) is 11.3 Å². The zero-order chi connectivity index (χ0) is 19.1. The number of hydrogen-bond donors (Lipinski definition) is 0. The summed E-state index contributed by atoms with van der Waals surface area (Å²) in [5.74, 6) is 1.000. The summed E-state index contributed by atoms with van der Waals surface area (Å²) in [5.41, 5.74) is 0.681. The van der Waals surface area contributed by atoms with Gasteiger partial charge < -0.3 is 9.64 Å². The van der Waals surface area contributed by atoms with E-state index in [2.05, 4.69) is 11.8 Å². The lowest BCUT2D eigenvalue weighted by molar-refractivity contribution is 0.0625. The highest BCUT2D eigenvalue weighted by atomic mass is 32.1. The molecule has 0 aliphatic carbocycles. The Balaban J connectivity index is 1.47. The average molecular weight is 387 g/mol. The third-order valence-corrected chi connectivity index (χ3v) is 5.60. The smallest absolute Gasteiger partial charge is 0.253 e. The maximum Gasteiger partial charge on any atom is 0.253 e. The molecule has 27 heavy (non-hydrogen) atoms. The molecule has 0 N–H and O–H groups in total. The van der Waals surface area contributed by atoms with Gasteiger partial charge in [0.25, 0.3) is 5.91 Å². The summed E-state index contributed by atoms with van der Waals surface area (Å²) in [6, 6.07) is 11.1. The second kappa shape index (κ2) is 9.67. The Morgan fingerprint density at radius 3 is 2.44 bits per heavy atom. The first-order valence-electron chi connectivity index (χ1n) is 9.48. The third kappa shape index (κ3) is 5.40. The standard InChI is InChI=1S/C21H26N2O3S/c1-2-3-14-26-18-8-6-17(7-9-18)21(25)23-12-10-22(11-13-23)16-19(24)20-5-4-15-27-20/h4-9,15H,2-3,10-14,16H2,1H3. The molecule has 6 heteroatoms. The molecule has 0 spiro atoms. The van der Waals surface area contributed by atoms with Crippen LogP contribution in [0.1, 0.15) is 39.8 Å². The van der Waals surface area contributed by atoms with Gasteiger partial charge in [0.1, 0.15) is 5.75 Å². The fourth-order valence-corrected chi connectivity index (χ4v) is 3.69. The highest BCUT2D eigenvalue weighted by Gasteiger charge is 2.23. The van der Waals surface area contributed by atoms with Gasteiger partial charge in [0.2, 0.25) is 0 Å². The van der Waals surface area contributed by atoms with Crippen LogP contribution in [0, 0.1) is 0 Å². The van der Waals surface area contributed by atoms with E-state index in [4.69, 9.17) is 4.74 Å². The first-order chi connectivity index (χ1) is 13.2. The summed E-state index contributed by atoms with van der Waals surface area (Å²) in [5, 5.41) is 1.92. The number of ether oxygens (including phenoxy) is 1. The van der Waals surface area contributed by atoms with Crippen LogP contribution in [0.5, 0.6) is 5.75 Å². The number of piperazine rings is 1. The molecule has 0 unspecified atom stereocenters. The first kappa shape index (κ1) is 19.6. The van der Waals surface area contributed by atoms with E-state index in [9.17, 15) is 9.59 Å². The first-order valence-corrected chi connectivity index (χ1v) is 10.4. The molecule has 1 aromatic carbocycles. The number of unbranched alkanes of at least 4 members (excludes halogenated alkanes) is 1. The summed E-state index contributed by atoms with van der Waals surface area (Å²) in [6.07, 6.45) is 2.13. The second-order valence-electron chi connectivity index (χ2n) is 6.70. The van der Waals surface area contributed by atoms with Crippen molar-refractivity contribution >= 4 is 23.0 Å². The molecule has 144 valence electrons. The lowest BCUT2D eigenvalue weighted by atomic mass is 10.1. The zero-order valence-electron chi connectivity index (χ0n) is 15.7. The minimum atomic E-state index is 0.0411. The van der Waals surface area contributed by atoms with Gasteiger partial charge in [0, 0.05) is 31.7 Å². The van der Waals surface area contributed by atoms with Gasteiger partial charge in [-0.25, -0.2) is 0 Å². The number of benzene rings is 1. The van der Waals surface area contributed by atoms with Gasteiger partial charge in [0.05, 0.1) is 18.0 Å². The predicted molar refractivity (Wildman–Crippen MR) is 108 cm³/mol. The normalized spacial score (nSPS) is 14.9. The van der Waals surface area contributed by atoms with Crippen LogP contribution >= 0.6 is 11.3 Å². The minimum absolute atomic E-state index is 0.0411. The molecular formula is C21H26N2O3S. The Kier molecular flexibility index (Phi) is 7.01. The molecule has 0 bridgehead atoms. The number of rotatable bonds is 8. The van der Waals surface area contributed by atoms with Crippen molar-refractivity contribution in [3.8, 4) is 5.75 Å². The van der Waals surface area contributed by atoms with Crippen molar-refractivity contribution in [2.24, 2.45) is 0 Å². The van der Waals surface area contributed by atoms with E-state index in [1.165, 1.54) is 11.3 Å². The molecule has 3 rings (SSSR count). The number of carbonyl (C=O) groups is 2. The fourth-order valence-electron chi connectivity index (χ4n) is 3.04. The van der Waals surface area contributed by atoms with E-state index in [0.29, 0.717) is 31.8 Å². The predicted octanol–water partition coefficient (Wildman–Crippen LogP) is 3.57. The van der Waals surface area contributed by atoms with E-state index in [1.807, 2.05) is 46.7 Å². The van der Waals surface area contributed by atoms with E-state index >= 15 is 0 Å². The molecule has 1 aliphatic rings. The largest absolute Gasteiger partial charge is 0.494 e. The van der Waals surface area contributed by atoms with Crippen LogP contribution < -0.4 is 4.74 Å². The molecule has 1 aliphatic heterocycles. The lowest BCUT2D eigenvalue weighted by Gasteiger charge is -2.34. The van der Waals surface area contributed by atoms with Gasteiger partial charge in [-0.2, -0.15) is 0 Å². The van der Waals surface area contributed by atoms with Crippen LogP contribution in [0.4, 0.5) is 0 Å². The van der Waals surface area contributed by atoms with E-state index < -0.39 is 0 Å². The van der Waals surface area contributed by atoms with E-state index in [-0.39, 0.29) is 11.7 Å². The van der Waals surface area contributed by atoms with Gasteiger partial charge in [0.15, 0.2) is 5.78 Å². The van der Waals surface area contributed by atoms with Crippen LogP contribution in [-0.2, 0) is 0 Å². The fraction of sp³-hybridized carbons (Fsp3) is 0.429. The van der Waals surface area contributed by atoms with Crippen molar-refractivity contribution in [1.29, 1.82) is 0 Å². The molecule has 1 aromatic heterocycles. The van der Waals surface area contributed by atoms with Gasteiger partial charge >= 0.3 is 0 Å². The summed E-state index contributed by atoms with van der Waals surface area (Å²) >= 11 is 1.48. The monoisotopic (exact) mass is 386 g/mol. The molecular weight excluding hydrogens is 360 g/mol. The van der Waals surface area contributed by atoms with Crippen LogP contribution in [0.25, 0.3) is 0 Å². The zero-order valence-corrected chi connectivity index (χ0v) is 16.5. The van der Waals surface area contributed by atoms with Crippen molar-refractivity contribution in [2.75, 3.05) is 39.3 Å². The number of ketones is 1. The number of carbonyl (C=O) groups excluding carboxylic acids is 2. The maximum atomic E-state index is 12.7.